The first-order valence-corrected chi connectivity index (χ1v) is 13.6. The third-order valence-electron chi connectivity index (χ3n) is 6.70. The zero-order chi connectivity index (χ0) is 24.0. The summed E-state index contributed by atoms with van der Waals surface area (Å²) in [7, 11) is 0. The van der Waals surface area contributed by atoms with Gasteiger partial charge in [0.05, 0.1) is 12.0 Å². The van der Waals surface area contributed by atoms with Crippen LogP contribution in [0.25, 0.3) is 0 Å². The Morgan fingerprint density at radius 2 is 2.06 bits per heavy atom. The van der Waals surface area contributed by atoms with Crippen molar-refractivity contribution in [2.75, 3.05) is 11.9 Å². The Labute approximate surface area is 206 Å². The number of nitrogens with zero attached hydrogens (tertiary/aromatic N) is 2. The van der Waals surface area contributed by atoms with Gasteiger partial charge >= 0.3 is 0 Å². The molecule has 0 fully saturated rings. The first-order valence-electron chi connectivity index (χ1n) is 11.9. The zero-order valence-electron chi connectivity index (χ0n) is 20.2. The van der Waals surface area contributed by atoms with Crippen LogP contribution in [0.2, 0.25) is 0 Å². The van der Waals surface area contributed by atoms with Crippen molar-refractivity contribution in [1.29, 1.82) is 5.26 Å². The van der Waals surface area contributed by atoms with Crippen LogP contribution >= 0.6 is 23.3 Å². The van der Waals surface area contributed by atoms with E-state index >= 15 is 0 Å². The molecular formula is C26H36N4OS2. The minimum Gasteiger partial charge on any atom is -0.316 e. The lowest BCUT2D eigenvalue weighted by molar-refractivity contribution is -0.115. The fourth-order valence-electron chi connectivity index (χ4n) is 4.52. The molecule has 0 saturated carbocycles. The molecular weight excluding hydrogens is 448 g/mol. The fraction of sp³-hybridized carbons (Fsp3) is 0.538. The summed E-state index contributed by atoms with van der Waals surface area (Å²) in [6, 6.07) is 10.1. The number of hydrogen-bond donors (Lipinski definition) is 2. The van der Waals surface area contributed by atoms with Crippen LogP contribution < -0.4 is 10.5 Å². The van der Waals surface area contributed by atoms with Crippen molar-refractivity contribution in [3.8, 4) is 6.07 Å². The van der Waals surface area contributed by atoms with Crippen molar-refractivity contribution in [2.24, 2.45) is 11.1 Å². The van der Waals surface area contributed by atoms with Gasteiger partial charge < -0.3 is 5.32 Å². The van der Waals surface area contributed by atoms with Crippen LogP contribution in [0.5, 0.6) is 0 Å². The number of amides is 1. The van der Waals surface area contributed by atoms with E-state index in [1.165, 1.54) is 42.5 Å². The van der Waals surface area contributed by atoms with Crippen LogP contribution in [0.15, 0.2) is 29.2 Å². The molecule has 1 amide bonds. The van der Waals surface area contributed by atoms with Gasteiger partial charge in [-0.05, 0) is 55.8 Å². The first-order chi connectivity index (χ1) is 15.8. The number of thiophene rings is 1. The van der Waals surface area contributed by atoms with Gasteiger partial charge in [-0.2, -0.15) is 5.26 Å². The SMILES string of the molecule is CCCCC(CC)CN1Cc2c(sc(NC(=O)Cc3ccc(SN)cc3)c2C#N)CC1(C)C. The highest BCUT2D eigenvalue weighted by atomic mass is 32.2. The third kappa shape index (κ3) is 6.39. The Balaban J connectivity index is 1.75. The lowest BCUT2D eigenvalue weighted by Crippen LogP contribution is -2.49. The van der Waals surface area contributed by atoms with Gasteiger partial charge in [0.1, 0.15) is 11.1 Å². The average molecular weight is 485 g/mol. The molecule has 1 aliphatic heterocycles. The van der Waals surface area contributed by atoms with Gasteiger partial charge in [0, 0.05) is 40.4 Å². The second-order valence-electron chi connectivity index (χ2n) is 9.59. The monoisotopic (exact) mass is 484 g/mol. The number of nitrogens with two attached hydrogens (primary N) is 1. The van der Waals surface area contributed by atoms with Crippen molar-refractivity contribution < 1.29 is 4.79 Å². The second kappa shape index (κ2) is 11.5. The summed E-state index contributed by atoms with van der Waals surface area (Å²) in [5.74, 6) is 0.582. The summed E-state index contributed by atoms with van der Waals surface area (Å²) < 4.78 is 0. The Morgan fingerprint density at radius 3 is 2.67 bits per heavy atom. The molecule has 1 atom stereocenters. The first kappa shape index (κ1) is 25.8. The van der Waals surface area contributed by atoms with Gasteiger partial charge in [-0.25, -0.2) is 0 Å². The quantitative estimate of drug-likeness (QED) is 0.397. The maximum Gasteiger partial charge on any atom is 0.229 e. The molecule has 0 radical (unpaired) electrons. The van der Waals surface area contributed by atoms with E-state index in [1.807, 2.05) is 24.3 Å². The molecule has 1 aliphatic rings. The van der Waals surface area contributed by atoms with E-state index < -0.39 is 0 Å². The van der Waals surface area contributed by atoms with Crippen LogP contribution in [-0.4, -0.2) is 22.9 Å². The molecule has 7 heteroatoms. The molecule has 0 spiro atoms. The fourth-order valence-corrected chi connectivity index (χ4v) is 6.21. The summed E-state index contributed by atoms with van der Waals surface area (Å²) in [6.07, 6.45) is 6.11. The van der Waals surface area contributed by atoms with Gasteiger partial charge in [0.15, 0.2) is 0 Å². The number of anilines is 1. The van der Waals surface area contributed by atoms with E-state index in [-0.39, 0.29) is 17.9 Å². The number of rotatable bonds is 10. The van der Waals surface area contributed by atoms with Crippen molar-refractivity contribution in [3.05, 3.63) is 45.8 Å². The van der Waals surface area contributed by atoms with E-state index in [0.717, 1.165) is 35.5 Å². The Kier molecular flexibility index (Phi) is 9.00. The topological polar surface area (TPSA) is 82.2 Å². The van der Waals surface area contributed by atoms with Crippen LogP contribution in [0.1, 0.15) is 74.9 Å². The van der Waals surface area contributed by atoms with Crippen LogP contribution in [0, 0.1) is 17.2 Å². The van der Waals surface area contributed by atoms with E-state index in [2.05, 4.69) is 44.0 Å². The van der Waals surface area contributed by atoms with Crippen molar-refractivity contribution in [3.63, 3.8) is 0 Å². The van der Waals surface area contributed by atoms with Gasteiger partial charge in [-0.1, -0.05) is 45.2 Å². The van der Waals surface area contributed by atoms with E-state index in [4.69, 9.17) is 5.14 Å². The second-order valence-corrected chi connectivity index (χ2v) is 11.4. The Bertz CT molecular complexity index is 991. The van der Waals surface area contributed by atoms with Gasteiger partial charge in [0.25, 0.3) is 0 Å². The van der Waals surface area contributed by atoms with Crippen LogP contribution in [0.4, 0.5) is 5.00 Å². The predicted molar refractivity (Wildman–Crippen MR) is 139 cm³/mol. The largest absolute Gasteiger partial charge is 0.316 e. The number of benzene rings is 1. The molecule has 0 bridgehead atoms. The Morgan fingerprint density at radius 1 is 1.33 bits per heavy atom. The molecule has 1 aromatic carbocycles. The summed E-state index contributed by atoms with van der Waals surface area (Å²) in [5, 5.41) is 19.2. The minimum absolute atomic E-state index is 0.0360. The number of nitriles is 1. The third-order valence-corrected chi connectivity index (χ3v) is 8.39. The minimum atomic E-state index is -0.0972. The highest BCUT2D eigenvalue weighted by molar-refractivity contribution is 7.97. The molecule has 5 nitrogen and oxygen atoms in total. The summed E-state index contributed by atoms with van der Waals surface area (Å²) in [4.78, 5) is 17.5. The molecule has 2 aromatic rings. The van der Waals surface area contributed by atoms with Crippen molar-refractivity contribution in [1.82, 2.24) is 4.90 Å². The van der Waals surface area contributed by atoms with E-state index in [1.54, 1.807) is 11.3 Å². The van der Waals surface area contributed by atoms with Crippen molar-refractivity contribution in [2.45, 2.75) is 83.2 Å². The number of unbranched alkanes of at least 4 members (excludes halogenated alkanes) is 1. The summed E-state index contributed by atoms with van der Waals surface area (Å²) in [5.41, 5.74) is 2.70. The molecule has 0 aliphatic carbocycles. The predicted octanol–water partition coefficient (Wildman–Crippen LogP) is 6.12. The molecule has 178 valence electrons. The van der Waals surface area contributed by atoms with E-state index in [0.29, 0.717) is 16.5 Å². The number of nitrogens with one attached hydrogen (secondary N) is 1. The van der Waals surface area contributed by atoms with E-state index in [9.17, 15) is 10.1 Å². The lowest BCUT2D eigenvalue weighted by Gasteiger charge is -2.44. The summed E-state index contributed by atoms with van der Waals surface area (Å²) in [6.45, 7) is 11.0. The van der Waals surface area contributed by atoms with Crippen molar-refractivity contribution >= 4 is 34.2 Å². The number of fused-ring (bicyclic) bond motifs is 1. The van der Waals surface area contributed by atoms with Gasteiger partial charge in [0.2, 0.25) is 5.91 Å². The molecule has 1 unspecified atom stereocenters. The molecule has 3 rings (SSSR count). The van der Waals surface area contributed by atoms with Gasteiger partial charge in [-0.3, -0.25) is 14.8 Å². The highest BCUT2D eigenvalue weighted by Crippen LogP contribution is 2.42. The normalized spacial score (nSPS) is 16.1. The number of carbonyl (C=O) groups is 1. The van der Waals surface area contributed by atoms with Crippen LogP contribution in [-0.2, 0) is 24.2 Å². The highest BCUT2D eigenvalue weighted by Gasteiger charge is 2.37. The smallest absolute Gasteiger partial charge is 0.229 e. The summed E-state index contributed by atoms with van der Waals surface area (Å²) >= 11 is 2.76. The molecule has 1 aromatic heterocycles. The molecule has 0 saturated heterocycles. The Hall–Kier alpha value is -1.85. The zero-order valence-corrected chi connectivity index (χ0v) is 21.9. The molecule has 33 heavy (non-hydrogen) atoms. The average Bonchev–Trinajstić information content (AvgIpc) is 3.11. The lowest BCUT2D eigenvalue weighted by atomic mass is 9.87. The molecule has 3 N–H and O–H groups in total. The van der Waals surface area contributed by atoms with Crippen LogP contribution in [0.3, 0.4) is 0 Å². The number of carbonyl (C=O) groups excluding carboxylic acids is 1. The van der Waals surface area contributed by atoms with Gasteiger partial charge in [-0.15, -0.1) is 11.3 Å². The number of hydrogen-bond acceptors (Lipinski definition) is 6. The standard InChI is InChI=1S/C26H36N4OS2/c1-5-7-8-18(6-2)16-30-17-22-21(15-27)25(32-23(22)14-26(30,3)4)29-24(31)13-19-9-11-20(33-28)12-10-19/h9-12,18H,5-8,13-14,16-17,28H2,1-4H3,(H,29,31). The maximum atomic E-state index is 12.7. The maximum absolute atomic E-state index is 12.7. The molecule has 2 heterocycles.